The molecule has 1 N–H and O–H groups in total. The molecule has 2 unspecified atom stereocenters. The summed E-state index contributed by atoms with van der Waals surface area (Å²) in [6.07, 6.45) is 4.46. The summed E-state index contributed by atoms with van der Waals surface area (Å²) in [6.45, 7) is 4.60. The van der Waals surface area contributed by atoms with E-state index in [2.05, 4.69) is 16.9 Å². The number of likely N-dealkylation sites (N-methyl/N-ethyl adjacent to an activating group) is 1. The zero-order chi connectivity index (χ0) is 11.5. The molecule has 1 saturated heterocycles. The van der Waals surface area contributed by atoms with Crippen LogP contribution in [0.2, 0.25) is 0 Å². The monoisotopic (exact) mass is 240 g/mol. The van der Waals surface area contributed by atoms with E-state index in [0.29, 0.717) is 5.92 Å². The van der Waals surface area contributed by atoms with Crippen LogP contribution in [0.4, 0.5) is 0 Å². The number of thiazole rings is 1. The summed E-state index contributed by atoms with van der Waals surface area (Å²) < 4.78 is 0. The number of piperidine rings is 1. The van der Waals surface area contributed by atoms with Crippen molar-refractivity contribution in [1.82, 2.24) is 9.88 Å². The van der Waals surface area contributed by atoms with Gasteiger partial charge in [-0.3, -0.25) is 0 Å². The lowest BCUT2D eigenvalue weighted by atomic mass is 9.99. The molecule has 0 radical (unpaired) electrons. The van der Waals surface area contributed by atoms with Crippen LogP contribution in [0.1, 0.15) is 41.5 Å². The molecule has 0 bridgehead atoms. The third-order valence-electron chi connectivity index (χ3n) is 3.27. The van der Waals surface area contributed by atoms with Crippen LogP contribution in [0, 0.1) is 0 Å². The minimum atomic E-state index is 0.214. The van der Waals surface area contributed by atoms with Crippen molar-refractivity contribution in [2.75, 3.05) is 26.7 Å². The Balaban J connectivity index is 2.06. The molecule has 2 atom stereocenters. The number of rotatable bonds is 3. The van der Waals surface area contributed by atoms with Crippen molar-refractivity contribution in [1.29, 1.82) is 0 Å². The molecule has 2 heterocycles. The normalized spacial score (nSPS) is 24.6. The molecule has 2 rings (SSSR count). The summed E-state index contributed by atoms with van der Waals surface area (Å²) in [5.74, 6) is 0.830. The molecular weight excluding hydrogens is 220 g/mol. The first-order chi connectivity index (χ1) is 7.70. The highest BCUT2D eigenvalue weighted by atomic mass is 32.1. The molecule has 1 aromatic rings. The molecule has 0 aliphatic carbocycles. The summed E-state index contributed by atoms with van der Waals surface area (Å²) in [4.78, 5) is 8.12. The SMILES string of the molecule is CC(CO)c1cnc(C2CCCN(C)C2)s1. The molecule has 90 valence electrons. The molecule has 1 fully saturated rings. The van der Waals surface area contributed by atoms with Crippen LogP contribution in [0.3, 0.4) is 0 Å². The van der Waals surface area contributed by atoms with Crippen molar-refractivity contribution in [3.8, 4) is 0 Å². The van der Waals surface area contributed by atoms with Crippen LogP contribution in [-0.2, 0) is 0 Å². The fourth-order valence-electron chi connectivity index (χ4n) is 2.18. The predicted octanol–water partition coefficient (Wildman–Crippen LogP) is 2.05. The Morgan fingerprint density at radius 1 is 1.69 bits per heavy atom. The molecule has 0 saturated carbocycles. The van der Waals surface area contributed by atoms with Gasteiger partial charge in [0.25, 0.3) is 0 Å². The first-order valence-corrected chi connectivity index (χ1v) is 6.77. The summed E-state index contributed by atoms with van der Waals surface area (Å²) in [5.41, 5.74) is 0. The maximum absolute atomic E-state index is 9.12. The van der Waals surface area contributed by atoms with Gasteiger partial charge in [-0.25, -0.2) is 4.98 Å². The maximum atomic E-state index is 9.12. The van der Waals surface area contributed by atoms with E-state index in [-0.39, 0.29) is 12.5 Å². The Morgan fingerprint density at radius 2 is 2.50 bits per heavy atom. The van der Waals surface area contributed by atoms with E-state index >= 15 is 0 Å². The lowest BCUT2D eigenvalue weighted by Crippen LogP contribution is -2.30. The van der Waals surface area contributed by atoms with Gasteiger partial charge in [-0.05, 0) is 26.4 Å². The second-order valence-electron chi connectivity index (χ2n) is 4.79. The lowest BCUT2D eigenvalue weighted by Gasteiger charge is -2.28. The Morgan fingerprint density at radius 3 is 3.19 bits per heavy atom. The van der Waals surface area contributed by atoms with E-state index in [9.17, 15) is 0 Å². The molecule has 1 aromatic heterocycles. The van der Waals surface area contributed by atoms with E-state index < -0.39 is 0 Å². The zero-order valence-electron chi connectivity index (χ0n) is 10.0. The number of likely N-dealkylation sites (tertiary alicyclic amines) is 1. The molecule has 0 spiro atoms. The van der Waals surface area contributed by atoms with Crippen molar-refractivity contribution in [2.45, 2.75) is 31.6 Å². The Bertz CT molecular complexity index is 340. The second-order valence-corrected chi connectivity index (χ2v) is 5.88. The van der Waals surface area contributed by atoms with Crippen LogP contribution < -0.4 is 0 Å². The highest BCUT2D eigenvalue weighted by Gasteiger charge is 2.22. The predicted molar refractivity (Wildman–Crippen MR) is 67.1 cm³/mol. The number of aliphatic hydroxyl groups excluding tert-OH is 1. The molecule has 1 aliphatic heterocycles. The fraction of sp³-hybridized carbons (Fsp3) is 0.750. The van der Waals surface area contributed by atoms with E-state index in [1.807, 2.05) is 13.1 Å². The summed E-state index contributed by atoms with van der Waals surface area (Å²) in [6, 6.07) is 0. The van der Waals surface area contributed by atoms with Gasteiger partial charge >= 0.3 is 0 Å². The van der Waals surface area contributed by atoms with Crippen molar-refractivity contribution >= 4 is 11.3 Å². The Labute approximate surface area is 101 Å². The third kappa shape index (κ3) is 2.62. The first-order valence-electron chi connectivity index (χ1n) is 5.95. The van der Waals surface area contributed by atoms with Gasteiger partial charge in [-0.1, -0.05) is 6.92 Å². The van der Waals surface area contributed by atoms with Gasteiger partial charge in [0, 0.05) is 29.5 Å². The highest BCUT2D eigenvalue weighted by molar-refractivity contribution is 7.11. The van der Waals surface area contributed by atoms with Gasteiger partial charge in [0.1, 0.15) is 0 Å². The Kier molecular flexibility index (Phi) is 3.95. The minimum absolute atomic E-state index is 0.214. The van der Waals surface area contributed by atoms with Crippen molar-refractivity contribution in [3.63, 3.8) is 0 Å². The lowest BCUT2D eigenvalue weighted by molar-refractivity contribution is 0.250. The number of hydrogen-bond acceptors (Lipinski definition) is 4. The van der Waals surface area contributed by atoms with Crippen LogP contribution in [-0.4, -0.2) is 41.7 Å². The van der Waals surface area contributed by atoms with Gasteiger partial charge < -0.3 is 10.0 Å². The van der Waals surface area contributed by atoms with Gasteiger partial charge in [0.2, 0.25) is 0 Å². The van der Waals surface area contributed by atoms with Crippen LogP contribution >= 0.6 is 11.3 Å². The molecule has 0 aromatic carbocycles. The largest absolute Gasteiger partial charge is 0.396 e. The highest BCUT2D eigenvalue weighted by Crippen LogP contribution is 2.31. The molecule has 16 heavy (non-hydrogen) atoms. The van der Waals surface area contributed by atoms with Gasteiger partial charge in [0.15, 0.2) is 0 Å². The molecule has 3 nitrogen and oxygen atoms in total. The van der Waals surface area contributed by atoms with Gasteiger partial charge in [-0.2, -0.15) is 0 Å². The van der Waals surface area contributed by atoms with E-state index in [4.69, 9.17) is 5.11 Å². The molecule has 0 amide bonds. The van der Waals surface area contributed by atoms with Gasteiger partial charge in [-0.15, -0.1) is 11.3 Å². The smallest absolute Gasteiger partial charge is 0.0971 e. The number of aliphatic hydroxyl groups is 1. The zero-order valence-corrected chi connectivity index (χ0v) is 10.8. The molecule has 4 heteroatoms. The standard InChI is InChI=1S/C12H20N2OS/c1-9(8-15)11-6-13-12(16-11)10-4-3-5-14(2)7-10/h6,9-10,15H,3-5,7-8H2,1-2H3. The van der Waals surface area contributed by atoms with Crippen molar-refractivity contribution in [3.05, 3.63) is 16.1 Å². The Hall–Kier alpha value is -0.450. The van der Waals surface area contributed by atoms with E-state index in [1.54, 1.807) is 11.3 Å². The van der Waals surface area contributed by atoms with Crippen LogP contribution in [0.5, 0.6) is 0 Å². The van der Waals surface area contributed by atoms with Gasteiger partial charge in [0.05, 0.1) is 11.6 Å². The quantitative estimate of drug-likeness (QED) is 0.878. The number of nitrogens with zero attached hydrogens (tertiary/aromatic N) is 2. The first kappa shape index (κ1) is 12.0. The van der Waals surface area contributed by atoms with Crippen LogP contribution in [0.25, 0.3) is 0 Å². The summed E-state index contributed by atoms with van der Waals surface area (Å²) in [5, 5.41) is 10.4. The van der Waals surface area contributed by atoms with Crippen molar-refractivity contribution < 1.29 is 5.11 Å². The van der Waals surface area contributed by atoms with E-state index in [1.165, 1.54) is 29.3 Å². The number of hydrogen-bond donors (Lipinski definition) is 1. The maximum Gasteiger partial charge on any atom is 0.0971 e. The summed E-state index contributed by atoms with van der Waals surface area (Å²) in [7, 11) is 2.18. The topological polar surface area (TPSA) is 36.4 Å². The number of aromatic nitrogens is 1. The second kappa shape index (κ2) is 5.25. The fourth-order valence-corrected chi connectivity index (χ4v) is 3.26. The van der Waals surface area contributed by atoms with Crippen LogP contribution in [0.15, 0.2) is 6.20 Å². The average molecular weight is 240 g/mol. The molecule has 1 aliphatic rings. The third-order valence-corrected chi connectivity index (χ3v) is 4.67. The molecular formula is C12H20N2OS. The average Bonchev–Trinajstić information content (AvgIpc) is 2.77. The van der Waals surface area contributed by atoms with Crippen molar-refractivity contribution in [2.24, 2.45) is 0 Å². The summed E-state index contributed by atoms with van der Waals surface area (Å²) >= 11 is 1.78. The van der Waals surface area contributed by atoms with E-state index in [0.717, 1.165) is 6.54 Å². The minimum Gasteiger partial charge on any atom is -0.396 e.